The molecule has 3 amide bonds. The van der Waals surface area contributed by atoms with E-state index in [1.807, 2.05) is 0 Å². The highest BCUT2D eigenvalue weighted by molar-refractivity contribution is 5.93. The minimum Gasteiger partial charge on any atom is -0.497 e. The third kappa shape index (κ3) is 6.70. The second-order valence-corrected chi connectivity index (χ2v) is 6.81. The zero-order valence-electron chi connectivity index (χ0n) is 17.2. The Hall–Kier alpha value is -4.14. The zero-order chi connectivity index (χ0) is 22.2. The van der Waals surface area contributed by atoms with Gasteiger partial charge in [-0.05, 0) is 42.0 Å². The summed E-state index contributed by atoms with van der Waals surface area (Å²) in [4.78, 5) is 35.5. The summed E-state index contributed by atoms with van der Waals surface area (Å²) in [5.41, 5.74) is 2.62. The summed E-state index contributed by atoms with van der Waals surface area (Å²) in [6.45, 7) is 1.44. The first kappa shape index (κ1) is 21.6. The predicted molar refractivity (Wildman–Crippen MR) is 117 cm³/mol. The standard InChI is InChI=1S/C22H23N5O4/c1-15(28)24-17-5-3-16(4-6-17)11-21(29)26-19-12-23-27(13-19)14-22(30)25-18-7-9-20(31-2)10-8-18/h3-10,12-13H,11,14H2,1-2H3,(H,24,28)(H,25,30)(H,26,29). The molecule has 0 aliphatic rings. The molecule has 2 aromatic carbocycles. The van der Waals surface area contributed by atoms with Gasteiger partial charge in [-0.25, -0.2) is 0 Å². The molecular weight excluding hydrogens is 398 g/mol. The highest BCUT2D eigenvalue weighted by Crippen LogP contribution is 2.15. The average molecular weight is 421 g/mol. The van der Waals surface area contributed by atoms with Crippen molar-refractivity contribution in [2.45, 2.75) is 19.9 Å². The second-order valence-electron chi connectivity index (χ2n) is 6.81. The van der Waals surface area contributed by atoms with Crippen LogP contribution in [0, 0.1) is 0 Å². The smallest absolute Gasteiger partial charge is 0.246 e. The Morgan fingerprint density at radius 3 is 2.13 bits per heavy atom. The van der Waals surface area contributed by atoms with Crippen LogP contribution in [0.4, 0.5) is 17.1 Å². The fourth-order valence-electron chi connectivity index (χ4n) is 2.84. The van der Waals surface area contributed by atoms with Gasteiger partial charge in [-0.2, -0.15) is 5.10 Å². The van der Waals surface area contributed by atoms with Crippen molar-refractivity contribution < 1.29 is 19.1 Å². The Kier molecular flexibility index (Phi) is 7.00. The van der Waals surface area contributed by atoms with E-state index in [0.717, 1.165) is 5.56 Å². The second kappa shape index (κ2) is 10.1. The molecule has 1 aromatic heterocycles. The number of benzene rings is 2. The third-order valence-corrected chi connectivity index (χ3v) is 4.24. The molecule has 3 N–H and O–H groups in total. The van der Waals surface area contributed by atoms with Gasteiger partial charge in [0.1, 0.15) is 12.3 Å². The van der Waals surface area contributed by atoms with Crippen LogP contribution in [0.3, 0.4) is 0 Å². The molecular formula is C22H23N5O4. The van der Waals surface area contributed by atoms with E-state index in [-0.39, 0.29) is 30.7 Å². The molecule has 31 heavy (non-hydrogen) atoms. The van der Waals surface area contributed by atoms with Crippen LogP contribution in [0.15, 0.2) is 60.9 Å². The Morgan fingerprint density at radius 2 is 1.48 bits per heavy atom. The lowest BCUT2D eigenvalue weighted by atomic mass is 10.1. The van der Waals surface area contributed by atoms with Crippen molar-refractivity contribution in [3.63, 3.8) is 0 Å². The van der Waals surface area contributed by atoms with Crippen molar-refractivity contribution in [3.8, 4) is 5.75 Å². The highest BCUT2D eigenvalue weighted by Gasteiger charge is 2.09. The van der Waals surface area contributed by atoms with E-state index in [1.165, 1.54) is 17.8 Å². The lowest BCUT2D eigenvalue weighted by molar-refractivity contribution is -0.117. The number of carbonyl (C=O) groups is 3. The maximum atomic E-state index is 12.3. The summed E-state index contributed by atoms with van der Waals surface area (Å²) in [5, 5.41) is 12.3. The van der Waals surface area contributed by atoms with Gasteiger partial charge in [0.05, 0.1) is 25.4 Å². The minimum atomic E-state index is -0.245. The SMILES string of the molecule is COc1ccc(NC(=O)Cn2cc(NC(=O)Cc3ccc(NC(C)=O)cc3)cn2)cc1. The van der Waals surface area contributed by atoms with Crippen LogP contribution in [0.2, 0.25) is 0 Å². The van der Waals surface area contributed by atoms with Gasteiger partial charge in [-0.1, -0.05) is 12.1 Å². The molecule has 9 nitrogen and oxygen atoms in total. The largest absolute Gasteiger partial charge is 0.497 e. The summed E-state index contributed by atoms with van der Waals surface area (Å²) >= 11 is 0. The molecule has 9 heteroatoms. The Labute approximate surface area is 179 Å². The summed E-state index contributed by atoms with van der Waals surface area (Å²) in [6.07, 6.45) is 3.24. The molecule has 3 aromatic rings. The number of nitrogens with zero attached hydrogens (tertiary/aromatic N) is 2. The molecule has 0 saturated carbocycles. The van der Waals surface area contributed by atoms with E-state index in [2.05, 4.69) is 21.0 Å². The van der Waals surface area contributed by atoms with E-state index in [1.54, 1.807) is 61.8 Å². The quantitative estimate of drug-likeness (QED) is 0.517. The van der Waals surface area contributed by atoms with Gasteiger partial charge in [-0.3, -0.25) is 19.1 Å². The molecule has 3 rings (SSSR count). The van der Waals surface area contributed by atoms with E-state index >= 15 is 0 Å². The first-order valence-corrected chi connectivity index (χ1v) is 9.54. The summed E-state index contributed by atoms with van der Waals surface area (Å²) in [7, 11) is 1.57. The molecule has 1 heterocycles. The van der Waals surface area contributed by atoms with E-state index in [9.17, 15) is 14.4 Å². The fourth-order valence-corrected chi connectivity index (χ4v) is 2.84. The van der Waals surface area contributed by atoms with Crippen LogP contribution in [-0.2, 0) is 27.3 Å². The topological polar surface area (TPSA) is 114 Å². The van der Waals surface area contributed by atoms with Crippen molar-refractivity contribution >= 4 is 34.8 Å². The molecule has 0 fully saturated rings. The van der Waals surface area contributed by atoms with E-state index < -0.39 is 0 Å². The molecule has 0 aliphatic carbocycles. The first-order chi connectivity index (χ1) is 14.9. The molecule has 160 valence electrons. The van der Waals surface area contributed by atoms with Gasteiger partial charge >= 0.3 is 0 Å². The molecule has 0 saturated heterocycles. The molecule has 0 spiro atoms. The zero-order valence-corrected chi connectivity index (χ0v) is 17.2. The summed E-state index contributed by atoms with van der Waals surface area (Å²) in [6, 6.07) is 14.0. The molecule has 0 radical (unpaired) electrons. The molecule has 0 bridgehead atoms. The average Bonchev–Trinajstić information content (AvgIpc) is 3.16. The van der Waals surface area contributed by atoms with E-state index in [4.69, 9.17) is 4.74 Å². The van der Waals surface area contributed by atoms with Gasteiger partial charge in [0.25, 0.3) is 0 Å². The van der Waals surface area contributed by atoms with Crippen molar-refractivity contribution in [1.29, 1.82) is 0 Å². The van der Waals surface area contributed by atoms with Crippen LogP contribution in [-0.4, -0.2) is 34.6 Å². The van der Waals surface area contributed by atoms with Crippen molar-refractivity contribution in [2.75, 3.05) is 23.1 Å². The number of carbonyl (C=O) groups excluding carboxylic acids is 3. The lowest BCUT2D eigenvalue weighted by Gasteiger charge is -2.06. The number of anilines is 3. The van der Waals surface area contributed by atoms with E-state index in [0.29, 0.717) is 22.8 Å². The number of amides is 3. The highest BCUT2D eigenvalue weighted by atomic mass is 16.5. The summed E-state index contributed by atoms with van der Waals surface area (Å²) < 4.78 is 6.53. The maximum absolute atomic E-state index is 12.3. The molecule has 0 unspecified atom stereocenters. The van der Waals surface area contributed by atoms with Gasteiger partial charge in [0.2, 0.25) is 17.7 Å². The van der Waals surface area contributed by atoms with Crippen LogP contribution in [0.5, 0.6) is 5.75 Å². The Bertz CT molecular complexity index is 1060. The van der Waals surface area contributed by atoms with Crippen LogP contribution < -0.4 is 20.7 Å². The van der Waals surface area contributed by atoms with Crippen LogP contribution in [0.25, 0.3) is 0 Å². The number of methoxy groups -OCH3 is 1. The Morgan fingerprint density at radius 1 is 0.871 bits per heavy atom. The van der Waals surface area contributed by atoms with Gasteiger partial charge in [0.15, 0.2) is 0 Å². The van der Waals surface area contributed by atoms with Crippen molar-refractivity contribution in [2.24, 2.45) is 0 Å². The van der Waals surface area contributed by atoms with Crippen molar-refractivity contribution in [3.05, 3.63) is 66.5 Å². The minimum absolute atomic E-state index is 0.00646. The number of ether oxygens (including phenoxy) is 1. The van der Waals surface area contributed by atoms with Gasteiger partial charge in [-0.15, -0.1) is 0 Å². The van der Waals surface area contributed by atoms with Gasteiger partial charge < -0.3 is 20.7 Å². The molecule has 0 atom stereocenters. The number of nitrogens with one attached hydrogen (secondary N) is 3. The first-order valence-electron chi connectivity index (χ1n) is 9.54. The molecule has 0 aliphatic heterocycles. The van der Waals surface area contributed by atoms with Crippen LogP contribution >= 0.6 is 0 Å². The number of hydrogen-bond acceptors (Lipinski definition) is 5. The lowest BCUT2D eigenvalue weighted by Crippen LogP contribution is -2.19. The van der Waals surface area contributed by atoms with Crippen LogP contribution in [0.1, 0.15) is 12.5 Å². The van der Waals surface area contributed by atoms with Gasteiger partial charge in [0, 0.05) is 24.5 Å². The third-order valence-electron chi connectivity index (χ3n) is 4.24. The number of hydrogen-bond donors (Lipinski definition) is 3. The van der Waals surface area contributed by atoms with Crippen molar-refractivity contribution in [1.82, 2.24) is 9.78 Å². The number of aromatic nitrogens is 2. The Balaban J connectivity index is 1.48. The summed E-state index contributed by atoms with van der Waals surface area (Å²) in [5.74, 6) is 0.0919. The predicted octanol–water partition coefficient (Wildman–Crippen LogP) is 2.67. The normalized spacial score (nSPS) is 10.3. The maximum Gasteiger partial charge on any atom is 0.246 e. The fraction of sp³-hybridized carbons (Fsp3) is 0.182. The number of rotatable bonds is 8. The monoisotopic (exact) mass is 421 g/mol.